The highest BCUT2D eigenvalue weighted by Crippen LogP contribution is 1.89. The number of hydrogen-bond acceptors (Lipinski definition) is 3. The SMILES string of the molecule is C=CCS(=O)(=O)N=CCO. The number of rotatable bonds is 4. The highest BCUT2D eigenvalue weighted by molar-refractivity contribution is 7.90. The molecule has 0 aliphatic rings. The smallest absolute Gasteiger partial charge is 0.256 e. The molecule has 5 heteroatoms. The van der Waals surface area contributed by atoms with Crippen molar-refractivity contribution in [3.63, 3.8) is 0 Å². The van der Waals surface area contributed by atoms with Crippen molar-refractivity contribution < 1.29 is 13.5 Å². The summed E-state index contributed by atoms with van der Waals surface area (Å²) in [6.07, 6.45) is 2.17. The number of aliphatic hydroxyl groups excluding tert-OH is 1. The van der Waals surface area contributed by atoms with Crippen molar-refractivity contribution in [2.24, 2.45) is 4.40 Å². The Morgan fingerprint density at radius 1 is 1.60 bits per heavy atom. The second-order valence-corrected chi connectivity index (χ2v) is 3.22. The summed E-state index contributed by atoms with van der Waals surface area (Å²) in [5, 5.41) is 8.16. The standard InChI is InChI=1S/C5H9NO3S/c1-2-5-10(8,9)6-3-4-7/h2-3,7H,1,4-5H2. The predicted octanol–water partition coefficient (Wildman–Crippen LogP) is -0.435. The van der Waals surface area contributed by atoms with Crippen molar-refractivity contribution in [3.8, 4) is 0 Å². The lowest BCUT2D eigenvalue weighted by Crippen LogP contribution is -2.00. The fourth-order valence-corrected chi connectivity index (χ4v) is 1.02. The van der Waals surface area contributed by atoms with Gasteiger partial charge in [-0.25, -0.2) is 8.42 Å². The van der Waals surface area contributed by atoms with Crippen LogP contribution in [0.4, 0.5) is 0 Å². The minimum atomic E-state index is -3.40. The molecule has 0 saturated heterocycles. The maximum absolute atomic E-state index is 10.6. The molecule has 0 spiro atoms. The largest absolute Gasteiger partial charge is 0.391 e. The molecule has 0 unspecified atom stereocenters. The lowest BCUT2D eigenvalue weighted by Gasteiger charge is -1.88. The zero-order valence-corrected chi connectivity index (χ0v) is 6.21. The normalized spacial score (nSPS) is 12.1. The van der Waals surface area contributed by atoms with E-state index in [1.807, 2.05) is 0 Å². The van der Waals surface area contributed by atoms with Crippen LogP contribution >= 0.6 is 0 Å². The summed E-state index contributed by atoms with van der Waals surface area (Å²) >= 11 is 0. The van der Waals surface area contributed by atoms with Crippen molar-refractivity contribution in [2.75, 3.05) is 12.4 Å². The molecule has 1 N–H and O–H groups in total. The third-order valence-corrected chi connectivity index (χ3v) is 1.77. The zero-order valence-electron chi connectivity index (χ0n) is 5.40. The summed E-state index contributed by atoms with van der Waals surface area (Å²) in [6, 6.07) is 0. The molecule has 0 aliphatic carbocycles. The fourth-order valence-electron chi connectivity index (χ4n) is 0.339. The molecular formula is C5H9NO3S. The molecule has 0 rings (SSSR count). The first kappa shape index (κ1) is 9.32. The molecule has 0 saturated carbocycles. The van der Waals surface area contributed by atoms with E-state index < -0.39 is 10.0 Å². The molecule has 58 valence electrons. The number of sulfonamides is 1. The lowest BCUT2D eigenvalue weighted by molar-refractivity contribution is 0.362. The summed E-state index contributed by atoms with van der Waals surface area (Å²) in [5.41, 5.74) is 0. The molecule has 0 heterocycles. The summed E-state index contributed by atoms with van der Waals surface area (Å²) < 4.78 is 24.3. The van der Waals surface area contributed by atoms with Gasteiger partial charge in [-0.05, 0) is 0 Å². The van der Waals surface area contributed by atoms with Gasteiger partial charge >= 0.3 is 0 Å². The third-order valence-electron chi connectivity index (χ3n) is 0.645. The minimum Gasteiger partial charge on any atom is -0.391 e. The van der Waals surface area contributed by atoms with Gasteiger partial charge in [0.25, 0.3) is 10.0 Å². The van der Waals surface area contributed by atoms with Crippen molar-refractivity contribution >= 4 is 16.2 Å². The number of hydrogen-bond donors (Lipinski definition) is 1. The van der Waals surface area contributed by atoms with Crippen LogP contribution in [-0.4, -0.2) is 32.1 Å². The van der Waals surface area contributed by atoms with E-state index >= 15 is 0 Å². The Hall–Kier alpha value is -0.680. The molecule has 10 heavy (non-hydrogen) atoms. The van der Waals surface area contributed by atoms with E-state index in [1.54, 1.807) is 0 Å². The van der Waals surface area contributed by atoms with Gasteiger partial charge in [-0.15, -0.1) is 6.58 Å². The Morgan fingerprint density at radius 2 is 2.20 bits per heavy atom. The topological polar surface area (TPSA) is 66.7 Å². The van der Waals surface area contributed by atoms with Crippen molar-refractivity contribution in [1.29, 1.82) is 0 Å². The Bertz CT molecular complexity index is 217. The molecule has 0 aromatic carbocycles. The molecule has 4 nitrogen and oxygen atoms in total. The summed E-state index contributed by atoms with van der Waals surface area (Å²) in [4.78, 5) is 0. The minimum absolute atomic E-state index is 0.191. The Balaban J connectivity index is 4.14. The molecule has 0 bridgehead atoms. The maximum Gasteiger partial charge on any atom is 0.256 e. The van der Waals surface area contributed by atoms with E-state index in [1.165, 1.54) is 6.08 Å². The molecular weight excluding hydrogens is 154 g/mol. The quantitative estimate of drug-likeness (QED) is 0.451. The van der Waals surface area contributed by atoms with Gasteiger partial charge in [-0.2, -0.15) is 4.40 Å². The van der Waals surface area contributed by atoms with Crippen LogP contribution in [0.15, 0.2) is 17.1 Å². The maximum atomic E-state index is 10.6. The van der Waals surface area contributed by atoms with Crippen LogP contribution in [0.5, 0.6) is 0 Å². The first-order chi connectivity index (χ1) is 4.62. The van der Waals surface area contributed by atoms with Crippen molar-refractivity contribution in [3.05, 3.63) is 12.7 Å². The van der Waals surface area contributed by atoms with Crippen molar-refractivity contribution in [2.45, 2.75) is 0 Å². The fraction of sp³-hybridized carbons (Fsp3) is 0.400. The van der Waals surface area contributed by atoms with Gasteiger partial charge in [0.2, 0.25) is 0 Å². The Kier molecular flexibility index (Phi) is 3.90. The van der Waals surface area contributed by atoms with Crippen LogP contribution in [0, 0.1) is 0 Å². The second-order valence-electron chi connectivity index (χ2n) is 1.51. The molecule has 0 amide bonds. The molecule has 0 atom stereocenters. The molecule has 0 aromatic heterocycles. The molecule has 0 fully saturated rings. The zero-order chi connectivity index (χ0) is 8.04. The van der Waals surface area contributed by atoms with Gasteiger partial charge < -0.3 is 5.11 Å². The van der Waals surface area contributed by atoms with E-state index in [0.717, 1.165) is 6.21 Å². The highest BCUT2D eigenvalue weighted by atomic mass is 32.2. The lowest BCUT2D eigenvalue weighted by atomic mass is 10.8. The highest BCUT2D eigenvalue weighted by Gasteiger charge is 2.00. The summed E-state index contributed by atoms with van der Waals surface area (Å²) in [5.74, 6) is -0.191. The number of aliphatic hydroxyl groups is 1. The monoisotopic (exact) mass is 163 g/mol. The van der Waals surface area contributed by atoms with E-state index in [9.17, 15) is 8.42 Å². The van der Waals surface area contributed by atoms with E-state index in [2.05, 4.69) is 11.0 Å². The summed E-state index contributed by atoms with van der Waals surface area (Å²) in [7, 11) is -3.40. The molecule has 0 aromatic rings. The van der Waals surface area contributed by atoms with Gasteiger partial charge in [0.15, 0.2) is 0 Å². The third kappa shape index (κ3) is 4.22. The van der Waals surface area contributed by atoms with Gasteiger partial charge in [-0.3, -0.25) is 0 Å². The van der Waals surface area contributed by atoms with Gasteiger partial charge in [0, 0.05) is 6.21 Å². The Labute approximate surface area is 60.0 Å². The van der Waals surface area contributed by atoms with Gasteiger partial charge in [0.05, 0.1) is 12.4 Å². The van der Waals surface area contributed by atoms with Gasteiger partial charge in [0.1, 0.15) is 0 Å². The first-order valence-corrected chi connectivity index (χ1v) is 4.21. The van der Waals surface area contributed by atoms with Crippen LogP contribution in [0.25, 0.3) is 0 Å². The van der Waals surface area contributed by atoms with Crippen LogP contribution in [0.2, 0.25) is 0 Å². The Morgan fingerprint density at radius 3 is 2.60 bits per heavy atom. The van der Waals surface area contributed by atoms with Gasteiger partial charge in [-0.1, -0.05) is 6.08 Å². The van der Waals surface area contributed by atoms with E-state index in [-0.39, 0.29) is 12.4 Å². The average Bonchev–Trinajstić information content (AvgIpc) is 1.84. The summed E-state index contributed by atoms with van der Waals surface area (Å²) in [6.45, 7) is 2.87. The van der Waals surface area contributed by atoms with Crippen LogP contribution in [0.3, 0.4) is 0 Å². The van der Waals surface area contributed by atoms with Crippen LogP contribution in [-0.2, 0) is 10.0 Å². The van der Waals surface area contributed by atoms with E-state index in [0.29, 0.717) is 0 Å². The van der Waals surface area contributed by atoms with Crippen LogP contribution in [0.1, 0.15) is 0 Å². The predicted molar refractivity (Wildman–Crippen MR) is 39.6 cm³/mol. The molecule has 0 aliphatic heterocycles. The second kappa shape index (κ2) is 4.19. The number of nitrogens with zero attached hydrogens (tertiary/aromatic N) is 1. The van der Waals surface area contributed by atoms with Crippen LogP contribution < -0.4 is 0 Å². The van der Waals surface area contributed by atoms with E-state index in [4.69, 9.17) is 5.11 Å². The van der Waals surface area contributed by atoms with Crippen molar-refractivity contribution in [1.82, 2.24) is 0 Å². The first-order valence-electron chi connectivity index (χ1n) is 2.60. The molecule has 0 radical (unpaired) electrons. The average molecular weight is 163 g/mol.